The minimum absolute atomic E-state index is 0.114. The molecule has 0 bridgehead atoms. The highest BCUT2D eigenvalue weighted by Crippen LogP contribution is 2.18. The van der Waals surface area contributed by atoms with Gasteiger partial charge in [0.1, 0.15) is 0 Å². The molecule has 0 radical (unpaired) electrons. The summed E-state index contributed by atoms with van der Waals surface area (Å²) >= 11 is 1.70. The molecule has 0 aliphatic carbocycles. The molecule has 0 aliphatic heterocycles. The lowest BCUT2D eigenvalue weighted by Crippen LogP contribution is -2.15. The molecule has 2 aromatic heterocycles. The van der Waals surface area contributed by atoms with E-state index in [9.17, 15) is 0 Å². The summed E-state index contributed by atoms with van der Waals surface area (Å²) in [5.41, 5.74) is 6.83. The normalized spacial score (nSPS) is 12.4. The molecule has 0 amide bonds. The molecule has 16 heavy (non-hydrogen) atoms. The number of aromatic nitrogens is 2. The Balaban J connectivity index is 2.05. The van der Waals surface area contributed by atoms with Crippen LogP contribution in [0.15, 0.2) is 29.6 Å². The lowest BCUT2D eigenvalue weighted by atomic mass is 10.1. The van der Waals surface area contributed by atoms with Crippen LogP contribution in [0.1, 0.15) is 16.6 Å². The van der Waals surface area contributed by atoms with E-state index >= 15 is 0 Å². The number of nitrogens with zero attached hydrogens (tertiary/aromatic N) is 2. The van der Waals surface area contributed by atoms with Gasteiger partial charge in [-0.2, -0.15) is 5.10 Å². The van der Waals surface area contributed by atoms with E-state index in [-0.39, 0.29) is 6.04 Å². The van der Waals surface area contributed by atoms with Gasteiger partial charge in [0.25, 0.3) is 0 Å². The third-order valence-corrected chi connectivity index (χ3v) is 3.15. The molecule has 84 valence electrons. The van der Waals surface area contributed by atoms with Crippen LogP contribution in [0, 0.1) is 0 Å². The van der Waals surface area contributed by atoms with Gasteiger partial charge < -0.3 is 10.5 Å². The summed E-state index contributed by atoms with van der Waals surface area (Å²) in [6.45, 7) is 0. The van der Waals surface area contributed by atoms with Gasteiger partial charge in [-0.05, 0) is 17.5 Å². The van der Waals surface area contributed by atoms with Crippen molar-refractivity contribution in [3.05, 3.63) is 40.2 Å². The summed E-state index contributed by atoms with van der Waals surface area (Å²) in [4.78, 5) is 1.25. The van der Waals surface area contributed by atoms with Crippen molar-refractivity contribution >= 4 is 11.3 Å². The summed E-state index contributed by atoms with van der Waals surface area (Å²) < 4.78 is 4.94. The number of hydrogen-bond acceptors (Lipinski definition) is 5. The highest BCUT2D eigenvalue weighted by Gasteiger charge is 2.10. The fourth-order valence-electron chi connectivity index (χ4n) is 1.39. The summed E-state index contributed by atoms with van der Waals surface area (Å²) in [6.07, 6.45) is 0.790. The zero-order valence-electron chi connectivity index (χ0n) is 8.96. The molecule has 0 saturated carbocycles. The quantitative estimate of drug-likeness (QED) is 0.877. The van der Waals surface area contributed by atoms with Gasteiger partial charge in [0.2, 0.25) is 5.88 Å². The van der Waals surface area contributed by atoms with Crippen LogP contribution in [0.3, 0.4) is 0 Å². The largest absolute Gasteiger partial charge is 0.480 e. The Morgan fingerprint density at radius 3 is 2.81 bits per heavy atom. The maximum atomic E-state index is 6.04. The summed E-state index contributed by atoms with van der Waals surface area (Å²) in [5.74, 6) is 0.507. The Kier molecular flexibility index (Phi) is 3.48. The van der Waals surface area contributed by atoms with E-state index in [0.717, 1.165) is 12.1 Å². The van der Waals surface area contributed by atoms with Crippen LogP contribution in [-0.2, 0) is 6.42 Å². The van der Waals surface area contributed by atoms with Crippen molar-refractivity contribution in [2.75, 3.05) is 7.11 Å². The molecule has 1 unspecified atom stereocenters. The molecule has 0 aliphatic rings. The molecule has 0 spiro atoms. The number of methoxy groups -OCH3 is 1. The summed E-state index contributed by atoms with van der Waals surface area (Å²) in [6, 6.07) is 7.60. The average Bonchev–Trinajstić information content (AvgIpc) is 2.82. The van der Waals surface area contributed by atoms with E-state index in [1.165, 1.54) is 4.88 Å². The first-order valence-electron chi connectivity index (χ1n) is 4.95. The molecule has 1 atom stereocenters. The van der Waals surface area contributed by atoms with Gasteiger partial charge in [0.15, 0.2) is 0 Å². The highest BCUT2D eigenvalue weighted by atomic mass is 32.1. The van der Waals surface area contributed by atoms with Crippen LogP contribution >= 0.6 is 11.3 Å². The lowest BCUT2D eigenvalue weighted by Gasteiger charge is -2.09. The first kappa shape index (κ1) is 11.0. The minimum atomic E-state index is -0.114. The van der Waals surface area contributed by atoms with Crippen LogP contribution in [0.2, 0.25) is 0 Å². The molecule has 0 aromatic carbocycles. The topological polar surface area (TPSA) is 61.0 Å². The second-order valence-corrected chi connectivity index (χ2v) is 4.42. The second kappa shape index (κ2) is 5.05. The van der Waals surface area contributed by atoms with Crippen LogP contribution in [0.25, 0.3) is 0 Å². The van der Waals surface area contributed by atoms with E-state index < -0.39 is 0 Å². The van der Waals surface area contributed by atoms with Gasteiger partial charge in [0.05, 0.1) is 18.8 Å². The molecule has 2 heterocycles. The Morgan fingerprint density at radius 1 is 1.38 bits per heavy atom. The maximum Gasteiger partial charge on any atom is 0.233 e. The van der Waals surface area contributed by atoms with E-state index in [4.69, 9.17) is 10.5 Å². The summed E-state index contributed by atoms with van der Waals surface area (Å²) in [7, 11) is 1.56. The van der Waals surface area contributed by atoms with Crippen LogP contribution < -0.4 is 10.5 Å². The van der Waals surface area contributed by atoms with Crippen molar-refractivity contribution in [1.29, 1.82) is 0 Å². The third-order valence-electron chi connectivity index (χ3n) is 2.25. The number of rotatable bonds is 4. The molecular weight excluding hydrogens is 222 g/mol. The molecular formula is C11H13N3OS. The second-order valence-electron chi connectivity index (χ2n) is 3.39. The van der Waals surface area contributed by atoms with Crippen molar-refractivity contribution in [3.8, 4) is 5.88 Å². The van der Waals surface area contributed by atoms with Crippen molar-refractivity contribution in [1.82, 2.24) is 10.2 Å². The monoisotopic (exact) mass is 235 g/mol. The van der Waals surface area contributed by atoms with Crippen molar-refractivity contribution < 1.29 is 4.74 Å². The molecule has 4 nitrogen and oxygen atoms in total. The van der Waals surface area contributed by atoms with Gasteiger partial charge >= 0.3 is 0 Å². The molecule has 2 N–H and O–H groups in total. The van der Waals surface area contributed by atoms with E-state index in [1.807, 2.05) is 17.5 Å². The Labute approximate surface area is 98.1 Å². The number of hydrogen-bond donors (Lipinski definition) is 1. The summed E-state index contributed by atoms with van der Waals surface area (Å²) in [5, 5.41) is 9.98. The SMILES string of the molecule is COc1ccc(C(N)Cc2cccs2)nn1. The Hall–Kier alpha value is -1.46. The average molecular weight is 235 g/mol. The van der Waals surface area contributed by atoms with Gasteiger partial charge in [-0.1, -0.05) is 6.07 Å². The number of ether oxygens (including phenoxy) is 1. The minimum Gasteiger partial charge on any atom is -0.480 e. The van der Waals surface area contributed by atoms with Gasteiger partial charge in [0, 0.05) is 17.4 Å². The predicted molar refractivity (Wildman–Crippen MR) is 63.5 cm³/mol. The Morgan fingerprint density at radius 2 is 2.25 bits per heavy atom. The van der Waals surface area contributed by atoms with Gasteiger partial charge in [-0.3, -0.25) is 0 Å². The molecule has 2 aromatic rings. The molecule has 5 heteroatoms. The van der Waals surface area contributed by atoms with E-state index in [0.29, 0.717) is 5.88 Å². The predicted octanol–water partition coefficient (Wildman–Crippen LogP) is 1.79. The van der Waals surface area contributed by atoms with Crippen molar-refractivity contribution in [3.63, 3.8) is 0 Å². The first-order valence-corrected chi connectivity index (χ1v) is 5.83. The standard InChI is InChI=1S/C11H13N3OS/c1-15-11-5-4-10(13-14-11)9(12)7-8-3-2-6-16-8/h2-6,9H,7,12H2,1H3. The van der Waals surface area contributed by atoms with Crippen LogP contribution in [-0.4, -0.2) is 17.3 Å². The molecule has 0 fully saturated rings. The van der Waals surface area contributed by atoms with Gasteiger partial charge in [-0.15, -0.1) is 16.4 Å². The lowest BCUT2D eigenvalue weighted by molar-refractivity contribution is 0.390. The van der Waals surface area contributed by atoms with Crippen LogP contribution in [0.5, 0.6) is 5.88 Å². The Bertz CT molecular complexity index is 427. The van der Waals surface area contributed by atoms with E-state index in [1.54, 1.807) is 24.5 Å². The first-order chi connectivity index (χ1) is 7.79. The molecule has 2 rings (SSSR count). The van der Waals surface area contributed by atoms with Crippen molar-refractivity contribution in [2.24, 2.45) is 5.73 Å². The zero-order valence-corrected chi connectivity index (χ0v) is 9.78. The highest BCUT2D eigenvalue weighted by molar-refractivity contribution is 7.09. The van der Waals surface area contributed by atoms with Gasteiger partial charge in [-0.25, -0.2) is 0 Å². The fourth-order valence-corrected chi connectivity index (χ4v) is 2.15. The third kappa shape index (κ3) is 2.56. The maximum absolute atomic E-state index is 6.04. The number of nitrogens with two attached hydrogens (primary N) is 1. The van der Waals surface area contributed by atoms with Crippen LogP contribution in [0.4, 0.5) is 0 Å². The zero-order chi connectivity index (χ0) is 11.4. The number of thiophene rings is 1. The molecule has 0 saturated heterocycles. The smallest absolute Gasteiger partial charge is 0.233 e. The van der Waals surface area contributed by atoms with Crippen molar-refractivity contribution in [2.45, 2.75) is 12.5 Å². The fraction of sp³-hybridized carbons (Fsp3) is 0.273. The van der Waals surface area contributed by atoms with E-state index in [2.05, 4.69) is 16.3 Å².